The maximum absolute atomic E-state index is 11.3. The van der Waals surface area contributed by atoms with Gasteiger partial charge >= 0.3 is 0 Å². The first kappa shape index (κ1) is 26.1. The van der Waals surface area contributed by atoms with Crippen molar-refractivity contribution < 1.29 is 4.79 Å². The van der Waals surface area contributed by atoms with Gasteiger partial charge in [0, 0.05) is 26.9 Å². The molecule has 0 bridgehead atoms. The van der Waals surface area contributed by atoms with Crippen molar-refractivity contribution >= 4 is 46.2 Å². The van der Waals surface area contributed by atoms with Crippen LogP contribution in [0.4, 0.5) is 5.69 Å². The summed E-state index contributed by atoms with van der Waals surface area (Å²) in [6, 6.07) is 22.7. The Labute approximate surface area is 206 Å². The molecule has 33 heavy (non-hydrogen) atoms. The van der Waals surface area contributed by atoms with Gasteiger partial charge in [0.05, 0.1) is 5.70 Å². The standard InChI is InChI=1S/C20H19ClN2O.C8H9Cl/c1-4-5-20(17-6-10-18(21)11-7-17)23-15(3)22-19-12-8-16(9-13-19)14(2)24;1-2-7-5-3-4-6-8(7)9/h4-13H,1H2,2-3H3,(H,22,23);3-6H,2H2,1H3/b20-5-;. The minimum atomic E-state index is 0.0471. The number of hydrogen-bond donors (Lipinski definition) is 1. The van der Waals surface area contributed by atoms with E-state index in [1.165, 1.54) is 5.56 Å². The lowest BCUT2D eigenvalue weighted by molar-refractivity contribution is 0.101. The van der Waals surface area contributed by atoms with Crippen LogP contribution in [-0.2, 0) is 6.42 Å². The predicted octanol–water partition coefficient (Wildman–Crippen LogP) is 8.50. The fourth-order valence-electron chi connectivity index (χ4n) is 2.92. The van der Waals surface area contributed by atoms with Crippen molar-refractivity contribution in [1.29, 1.82) is 0 Å². The smallest absolute Gasteiger partial charge is 0.159 e. The molecule has 5 heteroatoms. The Morgan fingerprint density at radius 3 is 2.06 bits per heavy atom. The first-order chi connectivity index (χ1) is 15.8. The number of rotatable bonds is 6. The molecule has 0 spiro atoms. The molecule has 3 rings (SSSR count). The number of nitrogens with zero attached hydrogens (tertiary/aromatic N) is 1. The van der Waals surface area contributed by atoms with E-state index in [4.69, 9.17) is 23.2 Å². The summed E-state index contributed by atoms with van der Waals surface area (Å²) in [7, 11) is 0. The molecule has 0 aliphatic rings. The molecule has 3 nitrogen and oxygen atoms in total. The van der Waals surface area contributed by atoms with Crippen LogP contribution in [0.1, 0.15) is 42.3 Å². The lowest BCUT2D eigenvalue weighted by Crippen LogP contribution is -2.07. The Morgan fingerprint density at radius 1 is 0.939 bits per heavy atom. The predicted molar refractivity (Wildman–Crippen MR) is 144 cm³/mol. The summed E-state index contributed by atoms with van der Waals surface area (Å²) in [5, 5.41) is 4.77. The van der Waals surface area contributed by atoms with Crippen molar-refractivity contribution in [2.45, 2.75) is 27.2 Å². The number of halogens is 2. The lowest BCUT2D eigenvalue weighted by Gasteiger charge is -2.08. The van der Waals surface area contributed by atoms with Crippen LogP contribution >= 0.6 is 23.2 Å². The van der Waals surface area contributed by atoms with Gasteiger partial charge < -0.3 is 5.32 Å². The van der Waals surface area contributed by atoms with E-state index < -0.39 is 0 Å². The number of aliphatic imine (C=N–C) groups is 1. The number of hydrogen-bond acceptors (Lipinski definition) is 2. The Balaban J connectivity index is 0.000000357. The molecule has 3 aromatic rings. The average molecular weight is 479 g/mol. The van der Waals surface area contributed by atoms with Crippen molar-refractivity contribution in [3.8, 4) is 0 Å². The van der Waals surface area contributed by atoms with Gasteiger partial charge in [-0.25, -0.2) is 4.99 Å². The van der Waals surface area contributed by atoms with Gasteiger partial charge in [-0.1, -0.05) is 73.1 Å². The van der Waals surface area contributed by atoms with Crippen LogP contribution < -0.4 is 5.32 Å². The van der Waals surface area contributed by atoms with E-state index in [1.807, 2.05) is 73.7 Å². The van der Waals surface area contributed by atoms with Crippen LogP contribution in [0.3, 0.4) is 0 Å². The van der Waals surface area contributed by atoms with Gasteiger partial charge in [-0.3, -0.25) is 4.79 Å². The zero-order chi connectivity index (χ0) is 24.2. The Bertz CT molecular complexity index is 1130. The van der Waals surface area contributed by atoms with Crippen molar-refractivity contribution in [2.24, 2.45) is 4.99 Å². The highest BCUT2D eigenvalue weighted by molar-refractivity contribution is 6.31. The maximum atomic E-state index is 11.3. The van der Waals surface area contributed by atoms with Crippen molar-refractivity contribution in [1.82, 2.24) is 0 Å². The number of ketones is 1. The van der Waals surface area contributed by atoms with Crippen molar-refractivity contribution in [2.75, 3.05) is 5.32 Å². The number of amidine groups is 1. The van der Waals surface area contributed by atoms with Crippen LogP contribution in [0.5, 0.6) is 0 Å². The number of carbonyl (C=O) groups is 1. The fraction of sp³-hybridized carbons (Fsp3) is 0.143. The number of benzene rings is 3. The summed E-state index contributed by atoms with van der Waals surface area (Å²) in [6.45, 7) is 9.27. The highest BCUT2D eigenvalue weighted by Crippen LogP contribution is 2.20. The minimum Gasteiger partial charge on any atom is -0.344 e. The van der Waals surface area contributed by atoms with Crippen molar-refractivity contribution in [3.05, 3.63) is 118 Å². The highest BCUT2D eigenvalue weighted by atomic mass is 35.5. The number of allylic oxidation sites excluding steroid dienone is 2. The van der Waals surface area contributed by atoms with Crippen LogP contribution in [-0.4, -0.2) is 11.6 Å². The number of aryl methyl sites for hydroxylation is 1. The molecule has 1 N–H and O–H groups in total. The second-order valence-corrected chi connectivity index (χ2v) is 8.04. The highest BCUT2D eigenvalue weighted by Gasteiger charge is 2.03. The Morgan fingerprint density at radius 2 is 1.55 bits per heavy atom. The van der Waals surface area contributed by atoms with E-state index in [-0.39, 0.29) is 5.78 Å². The van der Waals surface area contributed by atoms with E-state index >= 15 is 0 Å². The van der Waals surface area contributed by atoms with Crippen LogP contribution in [0.15, 0.2) is 96.5 Å². The van der Waals surface area contributed by atoms with Gasteiger partial charge in [0.2, 0.25) is 0 Å². The summed E-state index contributed by atoms with van der Waals surface area (Å²) in [4.78, 5) is 15.9. The maximum Gasteiger partial charge on any atom is 0.159 e. The molecule has 3 aromatic carbocycles. The molecule has 0 heterocycles. The molecule has 0 fully saturated rings. The first-order valence-corrected chi connectivity index (χ1v) is 11.3. The van der Waals surface area contributed by atoms with Gasteiger partial charge in [-0.2, -0.15) is 0 Å². The molecular weight excluding hydrogens is 451 g/mol. The second kappa shape index (κ2) is 13.4. The van der Waals surface area contributed by atoms with E-state index in [0.29, 0.717) is 10.6 Å². The van der Waals surface area contributed by atoms with E-state index in [1.54, 1.807) is 25.1 Å². The van der Waals surface area contributed by atoms with Gasteiger partial charge in [0.15, 0.2) is 5.78 Å². The van der Waals surface area contributed by atoms with Gasteiger partial charge in [-0.15, -0.1) is 0 Å². The Kier molecular flexibility index (Phi) is 10.6. The van der Waals surface area contributed by atoms with Gasteiger partial charge in [-0.05, 0) is 74.4 Å². The normalized spacial score (nSPS) is 11.3. The topological polar surface area (TPSA) is 41.5 Å². The summed E-state index contributed by atoms with van der Waals surface area (Å²) in [5.74, 6) is 0.777. The van der Waals surface area contributed by atoms with E-state index in [9.17, 15) is 4.79 Å². The van der Waals surface area contributed by atoms with E-state index in [2.05, 4.69) is 23.8 Å². The molecule has 0 radical (unpaired) electrons. The number of anilines is 1. The molecule has 0 aliphatic carbocycles. The van der Waals surface area contributed by atoms with Crippen molar-refractivity contribution in [3.63, 3.8) is 0 Å². The largest absolute Gasteiger partial charge is 0.344 e. The summed E-state index contributed by atoms with van der Waals surface area (Å²) in [5.41, 5.74) is 4.51. The molecule has 0 amide bonds. The molecular formula is C28H28Cl2N2O. The molecule has 0 aromatic heterocycles. The first-order valence-electron chi connectivity index (χ1n) is 10.6. The van der Waals surface area contributed by atoms with Crippen LogP contribution in [0.25, 0.3) is 5.70 Å². The fourth-order valence-corrected chi connectivity index (χ4v) is 3.32. The average Bonchev–Trinajstić information content (AvgIpc) is 2.80. The number of carbonyl (C=O) groups excluding carboxylic acids is 1. The quantitative estimate of drug-likeness (QED) is 0.167. The zero-order valence-electron chi connectivity index (χ0n) is 19.1. The molecule has 0 aliphatic heterocycles. The third-order valence-electron chi connectivity index (χ3n) is 4.66. The van der Waals surface area contributed by atoms with E-state index in [0.717, 1.165) is 34.2 Å². The van der Waals surface area contributed by atoms with Gasteiger partial charge in [0.1, 0.15) is 5.84 Å². The Hall–Kier alpha value is -3.14. The zero-order valence-corrected chi connectivity index (χ0v) is 20.6. The lowest BCUT2D eigenvalue weighted by atomic mass is 10.1. The third kappa shape index (κ3) is 8.72. The van der Waals surface area contributed by atoms with Crippen LogP contribution in [0, 0.1) is 0 Å². The third-order valence-corrected chi connectivity index (χ3v) is 5.28. The molecule has 0 unspecified atom stereocenters. The minimum absolute atomic E-state index is 0.0471. The summed E-state index contributed by atoms with van der Waals surface area (Å²) in [6.07, 6.45) is 4.55. The molecule has 0 atom stereocenters. The van der Waals surface area contributed by atoms with Crippen LogP contribution in [0.2, 0.25) is 10.0 Å². The SMILES string of the molecule is C=C/C=C(\N=C(C)Nc1ccc(C(C)=O)cc1)c1ccc(Cl)cc1.CCc1ccccc1Cl. The molecule has 170 valence electrons. The number of nitrogens with one attached hydrogen (secondary N) is 1. The molecule has 0 saturated carbocycles. The second-order valence-electron chi connectivity index (χ2n) is 7.20. The summed E-state index contributed by atoms with van der Waals surface area (Å²) >= 11 is 11.8. The van der Waals surface area contributed by atoms with Gasteiger partial charge in [0.25, 0.3) is 0 Å². The monoisotopic (exact) mass is 478 g/mol. The molecule has 0 saturated heterocycles. The number of Topliss-reactive ketones (excluding diaryl/α,β-unsaturated/α-hetero) is 1. The summed E-state index contributed by atoms with van der Waals surface area (Å²) < 4.78 is 0.